The molecule has 0 radical (unpaired) electrons. The molecule has 0 bridgehead atoms. The molecule has 1 aliphatic carbocycles. The van der Waals surface area contributed by atoms with Crippen LogP contribution in [0.1, 0.15) is 44.9 Å². The smallest absolute Gasteiger partial charge is 0.315 e. The second-order valence-electron chi connectivity index (χ2n) is 7.46. The molecule has 3 aliphatic rings. The Labute approximate surface area is 154 Å². The zero-order valence-corrected chi connectivity index (χ0v) is 15.3. The maximum atomic E-state index is 12.4. The monoisotopic (exact) mass is 369 g/mol. The molecule has 0 unspecified atom stereocenters. The largest absolute Gasteiger partial charge is 0.394 e. The van der Waals surface area contributed by atoms with E-state index in [1.807, 2.05) is 0 Å². The highest BCUT2D eigenvalue weighted by molar-refractivity contribution is 5.77. The van der Waals surface area contributed by atoms with Gasteiger partial charge in [-0.25, -0.2) is 4.79 Å². The van der Waals surface area contributed by atoms with E-state index in [-0.39, 0.29) is 36.7 Å². The number of nitrogens with zero attached hydrogens (tertiary/aromatic N) is 1. The second kappa shape index (κ2) is 9.53. The predicted octanol–water partition coefficient (Wildman–Crippen LogP) is 0.386. The molecule has 0 aromatic rings. The quantitative estimate of drug-likeness (QED) is 0.651. The zero-order chi connectivity index (χ0) is 18.4. The predicted molar refractivity (Wildman–Crippen MR) is 94.7 cm³/mol. The van der Waals surface area contributed by atoms with Crippen LogP contribution in [0.5, 0.6) is 0 Å². The number of hydrogen-bond donors (Lipinski definition) is 3. The highest BCUT2D eigenvalue weighted by Crippen LogP contribution is 2.23. The number of urea groups is 1. The molecule has 8 nitrogen and oxygen atoms in total. The molecule has 0 aromatic heterocycles. The van der Waals surface area contributed by atoms with Crippen LogP contribution in [0.3, 0.4) is 0 Å². The fourth-order valence-electron chi connectivity index (χ4n) is 4.05. The summed E-state index contributed by atoms with van der Waals surface area (Å²) in [6.45, 7) is 2.24. The van der Waals surface area contributed by atoms with Gasteiger partial charge < -0.3 is 30.1 Å². The van der Waals surface area contributed by atoms with E-state index in [1.54, 1.807) is 4.90 Å². The SMILES string of the molecule is O=C(NC1CCCC1)N[C@H]1CC[C@H](CC(=O)N2CCOCC2)O[C@H]1CO. The summed E-state index contributed by atoms with van der Waals surface area (Å²) in [6, 6.07) is -0.158. The van der Waals surface area contributed by atoms with E-state index in [0.29, 0.717) is 45.6 Å². The van der Waals surface area contributed by atoms with Crippen molar-refractivity contribution in [3.63, 3.8) is 0 Å². The van der Waals surface area contributed by atoms with Gasteiger partial charge in [0.25, 0.3) is 0 Å². The number of carbonyl (C=O) groups excluding carboxylic acids is 2. The highest BCUT2D eigenvalue weighted by atomic mass is 16.5. The first kappa shape index (κ1) is 19.4. The fraction of sp³-hybridized carbons (Fsp3) is 0.889. The molecule has 3 amide bonds. The van der Waals surface area contributed by atoms with E-state index >= 15 is 0 Å². The number of aliphatic hydroxyl groups excluding tert-OH is 1. The molecule has 26 heavy (non-hydrogen) atoms. The average molecular weight is 369 g/mol. The lowest BCUT2D eigenvalue weighted by Crippen LogP contribution is -2.55. The van der Waals surface area contributed by atoms with Crippen LogP contribution in [0.2, 0.25) is 0 Å². The Morgan fingerprint density at radius 1 is 1.04 bits per heavy atom. The van der Waals surface area contributed by atoms with Gasteiger partial charge >= 0.3 is 6.03 Å². The second-order valence-corrected chi connectivity index (χ2v) is 7.46. The van der Waals surface area contributed by atoms with Crippen molar-refractivity contribution in [3.8, 4) is 0 Å². The van der Waals surface area contributed by atoms with Crippen molar-refractivity contribution in [1.29, 1.82) is 0 Å². The van der Waals surface area contributed by atoms with E-state index in [9.17, 15) is 14.7 Å². The van der Waals surface area contributed by atoms with Crippen LogP contribution in [0.25, 0.3) is 0 Å². The van der Waals surface area contributed by atoms with Crippen molar-refractivity contribution < 1.29 is 24.2 Å². The molecule has 0 spiro atoms. The Kier molecular flexibility index (Phi) is 7.10. The summed E-state index contributed by atoms with van der Waals surface area (Å²) in [4.78, 5) is 26.3. The summed E-state index contributed by atoms with van der Waals surface area (Å²) < 4.78 is 11.2. The Morgan fingerprint density at radius 2 is 1.77 bits per heavy atom. The molecule has 3 atom stereocenters. The van der Waals surface area contributed by atoms with Gasteiger partial charge in [-0.3, -0.25) is 4.79 Å². The van der Waals surface area contributed by atoms with Crippen molar-refractivity contribution in [3.05, 3.63) is 0 Å². The van der Waals surface area contributed by atoms with Crippen LogP contribution < -0.4 is 10.6 Å². The van der Waals surface area contributed by atoms with Crippen molar-refractivity contribution in [2.24, 2.45) is 0 Å². The first-order valence-corrected chi connectivity index (χ1v) is 9.84. The van der Waals surface area contributed by atoms with Gasteiger partial charge in [0.1, 0.15) is 6.10 Å². The van der Waals surface area contributed by atoms with Gasteiger partial charge in [-0.05, 0) is 25.7 Å². The molecule has 3 N–H and O–H groups in total. The number of morpholine rings is 1. The zero-order valence-electron chi connectivity index (χ0n) is 15.3. The number of aliphatic hydroxyl groups is 1. The minimum absolute atomic E-state index is 0.0698. The first-order valence-electron chi connectivity index (χ1n) is 9.84. The van der Waals surface area contributed by atoms with Crippen LogP contribution in [0.4, 0.5) is 4.79 Å². The molecular weight excluding hydrogens is 338 g/mol. The first-order chi connectivity index (χ1) is 12.7. The molecule has 8 heteroatoms. The molecule has 0 aromatic carbocycles. The number of carbonyl (C=O) groups is 2. The molecular formula is C18H31N3O5. The Morgan fingerprint density at radius 3 is 2.46 bits per heavy atom. The minimum Gasteiger partial charge on any atom is -0.394 e. The molecule has 1 saturated carbocycles. The van der Waals surface area contributed by atoms with E-state index in [2.05, 4.69) is 10.6 Å². The topological polar surface area (TPSA) is 100 Å². The van der Waals surface area contributed by atoms with Gasteiger partial charge in [-0.2, -0.15) is 0 Å². The number of rotatable bonds is 5. The summed E-state index contributed by atoms with van der Waals surface area (Å²) in [7, 11) is 0. The van der Waals surface area contributed by atoms with Gasteiger partial charge in [-0.15, -0.1) is 0 Å². The number of nitrogens with one attached hydrogen (secondary N) is 2. The van der Waals surface area contributed by atoms with Gasteiger partial charge in [0, 0.05) is 19.1 Å². The summed E-state index contributed by atoms with van der Waals surface area (Å²) in [5, 5.41) is 15.6. The van der Waals surface area contributed by atoms with Crippen molar-refractivity contribution in [2.45, 2.75) is 69.2 Å². The standard InChI is InChI=1S/C18H31N3O5/c22-12-16-15(20-18(24)19-13-3-1-2-4-13)6-5-14(26-16)11-17(23)21-7-9-25-10-8-21/h13-16,22H,1-12H2,(H2,19,20,24)/t14-,15+,16+/m1/s1. The maximum absolute atomic E-state index is 12.4. The number of ether oxygens (including phenoxy) is 2. The van der Waals surface area contributed by atoms with Gasteiger partial charge in [0.15, 0.2) is 0 Å². The lowest BCUT2D eigenvalue weighted by molar-refractivity contribution is -0.143. The maximum Gasteiger partial charge on any atom is 0.315 e. The Balaban J connectivity index is 1.43. The van der Waals surface area contributed by atoms with Crippen molar-refractivity contribution >= 4 is 11.9 Å². The molecule has 3 rings (SSSR count). The van der Waals surface area contributed by atoms with Gasteiger partial charge in [-0.1, -0.05) is 12.8 Å². The lowest BCUT2D eigenvalue weighted by atomic mass is 9.97. The molecule has 148 valence electrons. The summed E-state index contributed by atoms with van der Waals surface area (Å²) in [5.74, 6) is 0.0698. The Bertz CT molecular complexity index is 477. The third-order valence-corrected chi connectivity index (χ3v) is 5.57. The molecule has 2 aliphatic heterocycles. The van der Waals surface area contributed by atoms with Gasteiger partial charge in [0.05, 0.1) is 38.4 Å². The average Bonchev–Trinajstić information content (AvgIpc) is 3.16. The van der Waals surface area contributed by atoms with E-state index in [4.69, 9.17) is 9.47 Å². The summed E-state index contributed by atoms with van der Waals surface area (Å²) in [6.07, 6.45) is 5.42. The van der Waals surface area contributed by atoms with Crippen molar-refractivity contribution in [2.75, 3.05) is 32.9 Å². The minimum atomic E-state index is -0.472. The van der Waals surface area contributed by atoms with E-state index < -0.39 is 6.10 Å². The van der Waals surface area contributed by atoms with Crippen LogP contribution in [0.15, 0.2) is 0 Å². The van der Waals surface area contributed by atoms with Crippen LogP contribution in [0, 0.1) is 0 Å². The molecule has 3 fully saturated rings. The third-order valence-electron chi connectivity index (χ3n) is 5.57. The van der Waals surface area contributed by atoms with Gasteiger partial charge in [0.2, 0.25) is 5.91 Å². The van der Waals surface area contributed by atoms with Crippen LogP contribution >= 0.6 is 0 Å². The fourth-order valence-corrected chi connectivity index (χ4v) is 4.05. The van der Waals surface area contributed by atoms with E-state index in [0.717, 1.165) is 25.7 Å². The molecule has 2 saturated heterocycles. The highest BCUT2D eigenvalue weighted by Gasteiger charge is 2.34. The number of hydrogen-bond acceptors (Lipinski definition) is 5. The lowest BCUT2D eigenvalue weighted by Gasteiger charge is -2.37. The normalized spacial score (nSPS) is 30.2. The van der Waals surface area contributed by atoms with Crippen LogP contribution in [-0.2, 0) is 14.3 Å². The Hall–Kier alpha value is -1.38. The van der Waals surface area contributed by atoms with E-state index in [1.165, 1.54) is 0 Å². The molecule has 2 heterocycles. The number of amides is 3. The van der Waals surface area contributed by atoms with Crippen LogP contribution in [-0.4, -0.2) is 79.1 Å². The third kappa shape index (κ3) is 5.31. The van der Waals surface area contributed by atoms with Crippen molar-refractivity contribution in [1.82, 2.24) is 15.5 Å². The summed E-state index contributed by atoms with van der Waals surface area (Å²) in [5.41, 5.74) is 0. The summed E-state index contributed by atoms with van der Waals surface area (Å²) >= 11 is 0.